The molecule has 1 fully saturated rings. The first-order valence-electron chi connectivity index (χ1n) is 10.9. The Morgan fingerprint density at radius 3 is 2.42 bits per heavy atom. The molecule has 2 amide bonds. The molecular formula is C23H27N3O6S. The van der Waals surface area contributed by atoms with Crippen LogP contribution in [0.1, 0.15) is 22.3 Å². The molecule has 2 aromatic carbocycles. The van der Waals surface area contributed by atoms with E-state index in [1.54, 1.807) is 23.1 Å². The molecule has 0 bridgehead atoms. The molecule has 0 aromatic heterocycles. The Hall–Kier alpha value is -3.11. The average molecular weight is 474 g/mol. The first-order valence-corrected chi connectivity index (χ1v) is 12.3. The van der Waals surface area contributed by atoms with Crippen LogP contribution in [0.25, 0.3) is 0 Å². The lowest BCUT2D eigenvalue weighted by atomic mass is 10.1. The van der Waals surface area contributed by atoms with Gasteiger partial charge in [-0.2, -0.15) is 4.31 Å². The van der Waals surface area contributed by atoms with Crippen molar-refractivity contribution in [1.82, 2.24) is 14.5 Å². The molecule has 1 N–H and O–H groups in total. The number of aryl methyl sites for hydroxylation is 1. The monoisotopic (exact) mass is 473 g/mol. The Kier molecular flexibility index (Phi) is 6.85. The van der Waals surface area contributed by atoms with Gasteiger partial charge < -0.3 is 19.7 Å². The van der Waals surface area contributed by atoms with Crippen molar-refractivity contribution >= 4 is 21.8 Å². The van der Waals surface area contributed by atoms with Crippen LogP contribution in [0.2, 0.25) is 0 Å². The topological polar surface area (TPSA) is 105 Å². The molecule has 0 atom stereocenters. The van der Waals surface area contributed by atoms with Gasteiger partial charge in [-0.3, -0.25) is 9.59 Å². The van der Waals surface area contributed by atoms with E-state index in [1.807, 2.05) is 19.1 Å². The minimum absolute atomic E-state index is 0.115. The number of hydrogen-bond acceptors (Lipinski definition) is 6. The second kappa shape index (κ2) is 9.80. The summed E-state index contributed by atoms with van der Waals surface area (Å²) in [6.07, 6.45) is 0.159. The van der Waals surface area contributed by atoms with Crippen molar-refractivity contribution in [2.75, 3.05) is 45.9 Å². The number of carbonyl (C=O) groups excluding carboxylic acids is 2. The number of piperazine rings is 1. The number of ether oxygens (including phenoxy) is 2. The van der Waals surface area contributed by atoms with Crippen LogP contribution in [0.3, 0.4) is 0 Å². The van der Waals surface area contributed by atoms with Gasteiger partial charge in [0.15, 0.2) is 11.5 Å². The van der Waals surface area contributed by atoms with Crippen LogP contribution >= 0.6 is 0 Å². The molecule has 0 unspecified atom stereocenters. The Labute approximate surface area is 193 Å². The molecule has 176 valence electrons. The molecule has 2 aromatic rings. The second-order valence-corrected chi connectivity index (χ2v) is 9.90. The van der Waals surface area contributed by atoms with E-state index in [2.05, 4.69) is 5.32 Å². The van der Waals surface area contributed by atoms with Crippen molar-refractivity contribution in [2.24, 2.45) is 0 Å². The van der Waals surface area contributed by atoms with Crippen molar-refractivity contribution in [2.45, 2.75) is 18.2 Å². The molecule has 9 nitrogen and oxygen atoms in total. The number of nitrogens with zero attached hydrogens (tertiary/aromatic N) is 2. The Bertz CT molecular complexity index is 1140. The van der Waals surface area contributed by atoms with Gasteiger partial charge in [0.25, 0.3) is 5.91 Å². The maximum absolute atomic E-state index is 13.0. The molecule has 0 saturated carbocycles. The van der Waals surface area contributed by atoms with E-state index >= 15 is 0 Å². The number of sulfonamides is 1. The van der Waals surface area contributed by atoms with Gasteiger partial charge in [0.05, 0.1) is 4.90 Å². The van der Waals surface area contributed by atoms with E-state index in [1.165, 1.54) is 16.4 Å². The average Bonchev–Trinajstić information content (AvgIpc) is 2.83. The predicted molar refractivity (Wildman–Crippen MR) is 121 cm³/mol. The third kappa shape index (κ3) is 5.28. The normalized spacial score (nSPS) is 16.3. The summed E-state index contributed by atoms with van der Waals surface area (Å²) >= 11 is 0. The highest BCUT2D eigenvalue weighted by molar-refractivity contribution is 7.89. The van der Waals surface area contributed by atoms with Crippen molar-refractivity contribution < 1.29 is 27.5 Å². The van der Waals surface area contributed by atoms with Gasteiger partial charge in [-0.25, -0.2) is 8.42 Å². The number of rotatable bonds is 6. The largest absolute Gasteiger partial charge is 0.486 e. The van der Waals surface area contributed by atoms with Gasteiger partial charge in [0, 0.05) is 50.8 Å². The molecular weight excluding hydrogens is 446 g/mol. The van der Waals surface area contributed by atoms with E-state index in [4.69, 9.17) is 9.47 Å². The summed E-state index contributed by atoms with van der Waals surface area (Å²) in [6.45, 7) is 3.96. The highest BCUT2D eigenvalue weighted by Gasteiger charge is 2.31. The summed E-state index contributed by atoms with van der Waals surface area (Å²) in [5.74, 6) is 0.617. The van der Waals surface area contributed by atoms with Gasteiger partial charge in [-0.05, 0) is 31.2 Å². The van der Waals surface area contributed by atoms with Gasteiger partial charge in [0.1, 0.15) is 13.2 Å². The summed E-state index contributed by atoms with van der Waals surface area (Å²) in [6, 6.07) is 11.8. The van der Waals surface area contributed by atoms with Gasteiger partial charge in [-0.1, -0.05) is 17.7 Å². The zero-order valence-electron chi connectivity index (χ0n) is 18.5. The molecule has 4 rings (SSSR count). The lowest BCUT2D eigenvalue weighted by Gasteiger charge is -2.34. The lowest BCUT2D eigenvalue weighted by Crippen LogP contribution is -2.50. The standard InChI is InChI=1S/C23H27N3O6S/c1-17-3-2-4-18(15-17)23(28)24-8-7-22(27)25-9-11-26(12-10-25)33(29,30)19-5-6-20-21(16-19)32-14-13-31-20/h2-6,15-16H,7-14H2,1H3,(H,24,28). The van der Waals surface area contributed by atoms with E-state index in [0.29, 0.717) is 43.4 Å². The van der Waals surface area contributed by atoms with Crippen molar-refractivity contribution in [1.29, 1.82) is 0 Å². The number of hydrogen-bond donors (Lipinski definition) is 1. The molecule has 33 heavy (non-hydrogen) atoms. The van der Waals surface area contributed by atoms with Crippen LogP contribution < -0.4 is 14.8 Å². The quantitative estimate of drug-likeness (QED) is 0.680. The van der Waals surface area contributed by atoms with E-state index in [9.17, 15) is 18.0 Å². The zero-order valence-corrected chi connectivity index (χ0v) is 19.3. The van der Waals surface area contributed by atoms with Crippen LogP contribution in [-0.4, -0.2) is 75.4 Å². The summed E-state index contributed by atoms with van der Waals surface area (Å²) in [5.41, 5.74) is 1.54. The second-order valence-electron chi connectivity index (χ2n) is 7.97. The summed E-state index contributed by atoms with van der Waals surface area (Å²) < 4.78 is 38.4. The number of amides is 2. The summed E-state index contributed by atoms with van der Waals surface area (Å²) in [5, 5.41) is 2.76. The minimum Gasteiger partial charge on any atom is -0.486 e. The van der Waals surface area contributed by atoms with E-state index in [-0.39, 0.29) is 42.8 Å². The first-order chi connectivity index (χ1) is 15.8. The van der Waals surface area contributed by atoms with Crippen LogP contribution in [0.15, 0.2) is 47.4 Å². The number of benzene rings is 2. The number of carbonyl (C=O) groups is 2. The molecule has 2 aliphatic heterocycles. The molecule has 1 saturated heterocycles. The van der Waals surface area contributed by atoms with E-state index in [0.717, 1.165) is 5.56 Å². The van der Waals surface area contributed by atoms with Gasteiger partial charge in [-0.15, -0.1) is 0 Å². The SMILES string of the molecule is Cc1cccc(C(=O)NCCC(=O)N2CCN(S(=O)(=O)c3ccc4c(c3)OCCO4)CC2)c1. The first kappa shape index (κ1) is 23.1. The fourth-order valence-electron chi connectivity index (χ4n) is 3.84. The van der Waals surface area contributed by atoms with Gasteiger partial charge in [0.2, 0.25) is 15.9 Å². The fraction of sp³-hybridized carbons (Fsp3) is 0.391. The highest BCUT2D eigenvalue weighted by atomic mass is 32.2. The van der Waals surface area contributed by atoms with Crippen molar-refractivity contribution in [3.63, 3.8) is 0 Å². The summed E-state index contributed by atoms with van der Waals surface area (Å²) in [7, 11) is -3.70. The number of fused-ring (bicyclic) bond motifs is 1. The Morgan fingerprint density at radius 2 is 1.70 bits per heavy atom. The minimum atomic E-state index is -3.70. The van der Waals surface area contributed by atoms with Crippen molar-refractivity contribution in [3.8, 4) is 11.5 Å². The Morgan fingerprint density at radius 1 is 0.970 bits per heavy atom. The fourth-order valence-corrected chi connectivity index (χ4v) is 5.28. The maximum atomic E-state index is 13.0. The molecule has 0 radical (unpaired) electrons. The van der Waals surface area contributed by atoms with Crippen molar-refractivity contribution in [3.05, 3.63) is 53.6 Å². The third-order valence-electron chi connectivity index (χ3n) is 5.65. The van der Waals surface area contributed by atoms with E-state index < -0.39 is 10.0 Å². The Balaban J connectivity index is 1.27. The maximum Gasteiger partial charge on any atom is 0.251 e. The summed E-state index contributed by atoms with van der Waals surface area (Å²) in [4.78, 5) is 26.5. The van der Waals surface area contributed by atoms with Crippen LogP contribution in [0, 0.1) is 6.92 Å². The molecule has 2 aliphatic rings. The molecule has 10 heteroatoms. The highest BCUT2D eigenvalue weighted by Crippen LogP contribution is 2.33. The van der Waals surface area contributed by atoms with Crippen LogP contribution in [0.5, 0.6) is 11.5 Å². The number of nitrogens with one attached hydrogen (secondary N) is 1. The van der Waals surface area contributed by atoms with Crippen LogP contribution in [0.4, 0.5) is 0 Å². The zero-order chi connectivity index (χ0) is 23.4. The smallest absolute Gasteiger partial charge is 0.251 e. The van der Waals surface area contributed by atoms with Crippen LogP contribution in [-0.2, 0) is 14.8 Å². The predicted octanol–water partition coefficient (Wildman–Crippen LogP) is 1.42. The van der Waals surface area contributed by atoms with Gasteiger partial charge >= 0.3 is 0 Å². The molecule has 0 aliphatic carbocycles. The molecule has 0 spiro atoms. The third-order valence-corrected chi connectivity index (χ3v) is 7.54. The lowest BCUT2D eigenvalue weighted by molar-refractivity contribution is -0.132. The molecule has 2 heterocycles.